The molecule has 130 valence electrons. The second-order valence-electron chi connectivity index (χ2n) is 6.19. The summed E-state index contributed by atoms with van der Waals surface area (Å²) in [4.78, 5) is 0. The van der Waals surface area contributed by atoms with E-state index >= 15 is 0 Å². The van der Waals surface area contributed by atoms with Gasteiger partial charge in [0.15, 0.2) is 0 Å². The Morgan fingerprint density at radius 1 is 0.520 bits per heavy atom. The van der Waals surface area contributed by atoms with Gasteiger partial charge in [0.25, 0.3) is 0 Å². The molecule has 0 saturated heterocycles. The standard InChI is InChI=1S/C21H21P.C2H7N/c1-16-10-4-7-13-19(16)22(20-14-8-5-11-17(20)2)21-15-9-6-12-18(21)3;1-3-2/h4-15H,1-3H3;3H,1-2H3. The minimum atomic E-state index is -0.508. The normalized spacial score (nSPS) is 10.3. The Morgan fingerprint density at radius 2 is 0.760 bits per heavy atom. The first-order chi connectivity index (χ1) is 12.1. The molecule has 0 heterocycles. The van der Waals surface area contributed by atoms with Crippen molar-refractivity contribution in [3.63, 3.8) is 0 Å². The lowest BCUT2D eigenvalue weighted by Gasteiger charge is -2.24. The maximum absolute atomic E-state index is 2.75. The Bertz CT molecular complexity index is 702. The molecule has 0 aromatic heterocycles. The van der Waals surface area contributed by atoms with E-state index in [0.717, 1.165) is 0 Å². The average Bonchev–Trinajstić information content (AvgIpc) is 2.60. The molecule has 3 aromatic carbocycles. The Morgan fingerprint density at radius 3 is 1.00 bits per heavy atom. The maximum atomic E-state index is 2.75. The first-order valence-corrected chi connectivity index (χ1v) is 9.99. The Balaban J connectivity index is 0.000000701. The van der Waals surface area contributed by atoms with E-state index in [2.05, 4.69) is 98.9 Å². The SMILES string of the molecule is CNC.Cc1ccccc1P(c1ccccc1C)c1ccccc1C. The number of benzene rings is 3. The summed E-state index contributed by atoms with van der Waals surface area (Å²) in [6.45, 7) is 6.67. The topological polar surface area (TPSA) is 12.0 Å². The molecule has 2 heteroatoms. The van der Waals surface area contributed by atoms with Gasteiger partial charge in [-0.15, -0.1) is 0 Å². The summed E-state index contributed by atoms with van der Waals surface area (Å²) in [5, 5.41) is 7.13. The Kier molecular flexibility index (Phi) is 7.37. The van der Waals surface area contributed by atoms with Gasteiger partial charge in [0.2, 0.25) is 0 Å². The van der Waals surface area contributed by atoms with Crippen LogP contribution >= 0.6 is 7.92 Å². The third-order valence-electron chi connectivity index (χ3n) is 4.07. The zero-order chi connectivity index (χ0) is 18.2. The average molecular weight is 349 g/mol. The number of rotatable bonds is 3. The first-order valence-electron chi connectivity index (χ1n) is 8.65. The quantitative estimate of drug-likeness (QED) is 0.699. The van der Waals surface area contributed by atoms with Crippen molar-refractivity contribution in [2.45, 2.75) is 20.8 Å². The fourth-order valence-electron chi connectivity index (χ4n) is 2.83. The zero-order valence-electron chi connectivity index (χ0n) is 15.9. The van der Waals surface area contributed by atoms with Crippen LogP contribution in [-0.2, 0) is 0 Å². The summed E-state index contributed by atoms with van der Waals surface area (Å²) in [5.41, 5.74) is 4.13. The van der Waals surface area contributed by atoms with Gasteiger partial charge in [0.05, 0.1) is 0 Å². The van der Waals surface area contributed by atoms with Gasteiger partial charge in [0, 0.05) is 0 Å². The van der Waals surface area contributed by atoms with Crippen LogP contribution < -0.4 is 21.2 Å². The summed E-state index contributed by atoms with van der Waals surface area (Å²) in [7, 11) is 3.24. The largest absolute Gasteiger partial charge is 0.323 e. The van der Waals surface area contributed by atoms with Crippen LogP contribution in [0.5, 0.6) is 0 Å². The van der Waals surface area contributed by atoms with E-state index < -0.39 is 7.92 Å². The van der Waals surface area contributed by atoms with Crippen molar-refractivity contribution in [1.29, 1.82) is 0 Å². The van der Waals surface area contributed by atoms with Crippen LogP contribution in [0.3, 0.4) is 0 Å². The van der Waals surface area contributed by atoms with Gasteiger partial charge in [-0.1, -0.05) is 72.8 Å². The molecular formula is C23H28NP. The van der Waals surface area contributed by atoms with E-state index in [9.17, 15) is 0 Å². The highest BCUT2D eigenvalue weighted by atomic mass is 31.1. The molecule has 0 amide bonds. The molecular weight excluding hydrogens is 321 g/mol. The summed E-state index contributed by atoms with van der Waals surface area (Å²) in [6, 6.07) is 26.4. The minimum absolute atomic E-state index is 0.508. The fourth-order valence-corrected chi connectivity index (χ4v) is 5.60. The van der Waals surface area contributed by atoms with Gasteiger partial charge in [-0.25, -0.2) is 0 Å². The van der Waals surface area contributed by atoms with Crippen LogP contribution in [0.15, 0.2) is 72.8 Å². The van der Waals surface area contributed by atoms with Crippen molar-refractivity contribution in [2.24, 2.45) is 0 Å². The van der Waals surface area contributed by atoms with Gasteiger partial charge < -0.3 is 5.32 Å². The molecule has 0 aliphatic heterocycles. The maximum Gasteiger partial charge on any atom is -0.0122 e. The first kappa shape index (κ1) is 19.4. The van der Waals surface area contributed by atoms with Gasteiger partial charge >= 0.3 is 0 Å². The molecule has 1 N–H and O–H groups in total. The van der Waals surface area contributed by atoms with E-state index in [1.54, 1.807) is 0 Å². The number of hydrogen-bond donors (Lipinski definition) is 1. The molecule has 25 heavy (non-hydrogen) atoms. The number of nitrogens with one attached hydrogen (secondary N) is 1. The zero-order valence-corrected chi connectivity index (χ0v) is 16.8. The summed E-state index contributed by atoms with van der Waals surface area (Å²) >= 11 is 0. The molecule has 0 spiro atoms. The Hall–Kier alpha value is -1.95. The molecule has 0 radical (unpaired) electrons. The molecule has 0 bridgehead atoms. The van der Waals surface area contributed by atoms with E-state index in [-0.39, 0.29) is 0 Å². The van der Waals surface area contributed by atoms with Crippen molar-refractivity contribution in [3.8, 4) is 0 Å². The van der Waals surface area contributed by atoms with Crippen LogP contribution in [0, 0.1) is 20.8 Å². The van der Waals surface area contributed by atoms with Crippen molar-refractivity contribution in [3.05, 3.63) is 89.5 Å². The fraction of sp³-hybridized carbons (Fsp3) is 0.217. The monoisotopic (exact) mass is 349 g/mol. The lowest BCUT2D eigenvalue weighted by Crippen LogP contribution is -2.25. The minimum Gasteiger partial charge on any atom is -0.323 e. The van der Waals surface area contributed by atoms with Gasteiger partial charge in [-0.05, 0) is 75.4 Å². The van der Waals surface area contributed by atoms with Gasteiger partial charge in [0.1, 0.15) is 0 Å². The number of aryl methyl sites for hydroxylation is 3. The number of hydrogen-bond acceptors (Lipinski definition) is 1. The summed E-state index contributed by atoms with van der Waals surface area (Å²) < 4.78 is 0. The molecule has 0 fully saturated rings. The van der Waals surface area contributed by atoms with Crippen LogP contribution in [0.25, 0.3) is 0 Å². The predicted molar refractivity (Wildman–Crippen MR) is 114 cm³/mol. The molecule has 0 aliphatic rings. The third kappa shape index (κ3) is 4.78. The second-order valence-corrected chi connectivity index (χ2v) is 8.31. The lowest BCUT2D eigenvalue weighted by molar-refractivity contribution is 1.02. The molecule has 3 rings (SSSR count). The molecule has 1 nitrogen and oxygen atoms in total. The second kappa shape index (κ2) is 9.51. The molecule has 0 aliphatic carbocycles. The lowest BCUT2D eigenvalue weighted by atomic mass is 10.2. The molecule has 0 unspecified atom stereocenters. The van der Waals surface area contributed by atoms with Gasteiger partial charge in [-0.2, -0.15) is 0 Å². The van der Waals surface area contributed by atoms with E-state index in [1.807, 2.05) is 14.1 Å². The van der Waals surface area contributed by atoms with Crippen LogP contribution in [0.4, 0.5) is 0 Å². The van der Waals surface area contributed by atoms with Crippen molar-refractivity contribution in [1.82, 2.24) is 5.32 Å². The van der Waals surface area contributed by atoms with Crippen molar-refractivity contribution in [2.75, 3.05) is 14.1 Å². The van der Waals surface area contributed by atoms with Crippen molar-refractivity contribution < 1.29 is 0 Å². The third-order valence-corrected chi connectivity index (χ3v) is 7.02. The van der Waals surface area contributed by atoms with Crippen molar-refractivity contribution >= 4 is 23.8 Å². The Labute approximate surface area is 153 Å². The van der Waals surface area contributed by atoms with E-state index in [4.69, 9.17) is 0 Å². The molecule has 0 atom stereocenters. The highest BCUT2D eigenvalue weighted by Crippen LogP contribution is 2.36. The highest BCUT2D eigenvalue weighted by molar-refractivity contribution is 7.80. The summed E-state index contributed by atoms with van der Waals surface area (Å²) in [6.07, 6.45) is 0. The highest BCUT2D eigenvalue weighted by Gasteiger charge is 2.20. The predicted octanol–water partition coefficient (Wildman–Crippen LogP) is 4.21. The van der Waals surface area contributed by atoms with E-state index in [0.29, 0.717) is 0 Å². The van der Waals surface area contributed by atoms with E-state index in [1.165, 1.54) is 32.6 Å². The molecule has 3 aromatic rings. The van der Waals surface area contributed by atoms with Crippen LogP contribution in [-0.4, -0.2) is 14.1 Å². The molecule has 0 saturated carbocycles. The van der Waals surface area contributed by atoms with Crippen LogP contribution in [0.2, 0.25) is 0 Å². The van der Waals surface area contributed by atoms with Crippen LogP contribution in [0.1, 0.15) is 16.7 Å². The van der Waals surface area contributed by atoms with Gasteiger partial charge in [-0.3, -0.25) is 0 Å². The smallest absolute Gasteiger partial charge is 0.0122 e. The summed E-state index contributed by atoms with van der Waals surface area (Å²) in [5.74, 6) is 0.